The number of rotatable bonds is 18. The van der Waals surface area contributed by atoms with Gasteiger partial charge in [0.25, 0.3) is 0 Å². The van der Waals surface area contributed by atoms with Gasteiger partial charge in [-0.25, -0.2) is 0 Å². The van der Waals surface area contributed by atoms with Gasteiger partial charge in [-0.2, -0.15) is 0 Å². The van der Waals surface area contributed by atoms with Crippen LogP contribution < -0.4 is 0 Å². The summed E-state index contributed by atoms with van der Waals surface area (Å²) in [5.41, 5.74) is 0. The van der Waals surface area contributed by atoms with Gasteiger partial charge >= 0.3 is 0 Å². The fourth-order valence-electron chi connectivity index (χ4n) is 4.13. The monoisotopic (exact) mass is 384 g/mol. The normalized spacial score (nSPS) is 14.8. The molecule has 0 spiro atoms. The topological polar surface area (TPSA) is 29.5 Å². The first-order valence-corrected chi connectivity index (χ1v) is 12.5. The summed E-state index contributed by atoms with van der Waals surface area (Å²) in [4.78, 5) is 0. The van der Waals surface area contributed by atoms with Crippen LogP contribution >= 0.6 is 0 Å². The Labute approximate surface area is 171 Å². The maximum atomic E-state index is 7.00. The van der Waals surface area contributed by atoms with Crippen LogP contribution in [0.1, 0.15) is 142 Å². The lowest BCUT2D eigenvalue weighted by molar-refractivity contribution is 0.0263. The maximum absolute atomic E-state index is 7.00. The standard InChI is InChI=1S/C24H48O.CH4O/c1-2-3-4-5-6-7-8-9-10-11-12-13-14-15-16-20-23-25-24-21-18-17-19-22-24;1-2/h24H,2-23H2,1H3;2H,1H3. The molecule has 2 heteroatoms. The van der Waals surface area contributed by atoms with E-state index in [-0.39, 0.29) is 0 Å². The van der Waals surface area contributed by atoms with Crippen molar-refractivity contribution in [3.63, 3.8) is 0 Å². The summed E-state index contributed by atoms with van der Waals surface area (Å²) in [5, 5.41) is 7.00. The van der Waals surface area contributed by atoms with Crippen molar-refractivity contribution in [1.29, 1.82) is 0 Å². The second kappa shape index (κ2) is 24.0. The summed E-state index contributed by atoms with van der Waals surface area (Å²) in [6.45, 7) is 3.32. The molecule has 0 aromatic rings. The van der Waals surface area contributed by atoms with Crippen LogP contribution in [0, 0.1) is 0 Å². The van der Waals surface area contributed by atoms with Crippen molar-refractivity contribution in [2.75, 3.05) is 13.7 Å². The molecule has 1 aliphatic rings. The Bertz CT molecular complexity index is 249. The van der Waals surface area contributed by atoms with Gasteiger partial charge in [0.2, 0.25) is 0 Å². The molecule has 0 unspecified atom stereocenters. The van der Waals surface area contributed by atoms with E-state index in [1.165, 1.54) is 135 Å². The van der Waals surface area contributed by atoms with E-state index in [2.05, 4.69) is 6.92 Å². The Hall–Kier alpha value is -0.0800. The highest BCUT2D eigenvalue weighted by molar-refractivity contribution is 4.64. The van der Waals surface area contributed by atoms with Crippen LogP contribution in [0.4, 0.5) is 0 Å². The number of hydrogen-bond donors (Lipinski definition) is 1. The molecule has 1 N–H and O–H groups in total. The summed E-state index contributed by atoms with van der Waals surface area (Å²) in [6.07, 6.45) is 30.5. The van der Waals surface area contributed by atoms with Gasteiger partial charge in [0.1, 0.15) is 0 Å². The third kappa shape index (κ3) is 20.5. The molecule has 0 atom stereocenters. The summed E-state index contributed by atoms with van der Waals surface area (Å²) in [7, 11) is 1.00. The fraction of sp³-hybridized carbons (Fsp3) is 1.00. The van der Waals surface area contributed by atoms with Crippen LogP contribution in [-0.2, 0) is 4.74 Å². The number of unbranched alkanes of at least 4 members (excludes halogenated alkanes) is 15. The zero-order valence-electron chi connectivity index (χ0n) is 19.0. The molecule has 1 rings (SSSR count). The SMILES string of the molecule is CCCCCCCCCCCCCCCCCCOC1CCCCC1.CO. The third-order valence-corrected chi connectivity index (χ3v) is 5.90. The van der Waals surface area contributed by atoms with E-state index in [1.54, 1.807) is 0 Å². The van der Waals surface area contributed by atoms with Gasteiger partial charge in [0, 0.05) is 13.7 Å². The van der Waals surface area contributed by atoms with E-state index >= 15 is 0 Å². The molecular weight excluding hydrogens is 332 g/mol. The van der Waals surface area contributed by atoms with Gasteiger partial charge < -0.3 is 9.84 Å². The number of hydrogen-bond acceptors (Lipinski definition) is 2. The quantitative estimate of drug-likeness (QED) is 0.241. The Morgan fingerprint density at radius 2 is 0.926 bits per heavy atom. The van der Waals surface area contributed by atoms with E-state index in [9.17, 15) is 0 Å². The van der Waals surface area contributed by atoms with Gasteiger partial charge in [-0.15, -0.1) is 0 Å². The van der Waals surface area contributed by atoms with Crippen molar-refractivity contribution in [3.8, 4) is 0 Å². The molecule has 0 heterocycles. The van der Waals surface area contributed by atoms with Crippen molar-refractivity contribution in [2.24, 2.45) is 0 Å². The maximum Gasteiger partial charge on any atom is 0.0575 e. The lowest BCUT2D eigenvalue weighted by Crippen LogP contribution is -2.17. The smallest absolute Gasteiger partial charge is 0.0575 e. The van der Waals surface area contributed by atoms with Crippen LogP contribution in [0.25, 0.3) is 0 Å². The molecule has 27 heavy (non-hydrogen) atoms. The molecule has 164 valence electrons. The van der Waals surface area contributed by atoms with Gasteiger partial charge in [-0.05, 0) is 19.3 Å². The minimum atomic E-state index is 0.602. The van der Waals surface area contributed by atoms with E-state index < -0.39 is 0 Å². The zero-order valence-corrected chi connectivity index (χ0v) is 19.0. The van der Waals surface area contributed by atoms with Gasteiger partial charge in [-0.3, -0.25) is 0 Å². The van der Waals surface area contributed by atoms with E-state index in [0.29, 0.717) is 6.10 Å². The summed E-state index contributed by atoms with van der Waals surface area (Å²) >= 11 is 0. The fourth-order valence-corrected chi connectivity index (χ4v) is 4.13. The number of ether oxygens (including phenoxy) is 1. The van der Waals surface area contributed by atoms with Crippen LogP contribution in [0.5, 0.6) is 0 Å². The molecule has 0 bridgehead atoms. The van der Waals surface area contributed by atoms with Crippen molar-refractivity contribution in [2.45, 2.75) is 148 Å². The average Bonchev–Trinajstić information content (AvgIpc) is 2.72. The molecule has 0 saturated heterocycles. The van der Waals surface area contributed by atoms with Crippen LogP contribution in [0.2, 0.25) is 0 Å². The van der Waals surface area contributed by atoms with E-state index in [0.717, 1.165) is 13.7 Å². The second-order valence-electron chi connectivity index (χ2n) is 8.43. The van der Waals surface area contributed by atoms with Crippen molar-refractivity contribution >= 4 is 0 Å². The summed E-state index contributed by atoms with van der Waals surface area (Å²) in [6, 6.07) is 0. The zero-order chi connectivity index (χ0) is 19.8. The second-order valence-corrected chi connectivity index (χ2v) is 8.43. The van der Waals surface area contributed by atoms with Crippen molar-refractivity contribution in [1.82, 2.24) is 0 Å². The molecule has 2 nitrogen and oxygen atoms in total. The first-order chi connectivity index (χ1) is 13.4. The number of aliphatic hydroxyl groups excluding tert-OH is 1. The third-order valence-electron chi connectivity index (χ3n) is 5.90. The van der Waals surface area contributed by atoms with Crippen LogP contribution in [-0.4, -0.2) is 24.9 Å². The Kier molecular flexibility index (Phi) is 23.9. The molecule has 0 radical (unpaired) electrons. The summed E-state index contributed by atoms with van der Waals surface area (Å²) < 4.78 is 6.00. The average molecular weight is 385 g/mol. The Balaban J connectivity index is 0.00000326. The first-order valence-electron chi connectivity index (χ1n) is 12.5. The molecule has 0 aromatic heterocycles. The largest absolute Gasteiger partial charge is 0.400 e. The Morgan fingerprint density at radius 1 is 0.556 bits per heavy atom. The van der Waals surface area contributed by atoms with Crippen LogP contribution in [0.3, 0.4) is 0 Å². The lowest BCUT2D eigenvalue weighted by Gasteiger charge is -2.21. The molecule has 0 aliphatic heterocycles. The highest BCUT2D eigenvalue weighted by Crippen LogP contribution is 2.20. The van der Waals surface area contributed by atoms with E-state index in [1.807, 2.05) is 0 Å². The van der Waals surface area contributed by atoms with Crippen LogP contribution in [0.15, 0.2) is 0 Å². The summed E-state index contributed by atoms with van der Waals surface area (Å²) in [5.74, 6) is 0. The lowest BCUT2D eigenvalue weighted by atomic mass is 9.98. The minimum Gasteiger partial charge on any atom is -0.400 e. The van der Waals surface area contributed by atoms with Crippen molar-refractivity contribution in [3.05, 3.63) is 0 Å². The Morgan fingerprint density at radius 3 is 1.33 bits per heavy atom. The highest BCUT2D eigenvalue weighted by atomic mass is 16.5. The van der Waals surface area contributed by atoms with Gasteiger partial charge in [0.15, 0.2) is 0 Å². The molecule has 0 aromatic carbocycles. The molecule has 1 saturated carbocycles. The predicted octanol–water partition coefficient (Wildman–Crippen LogP) is 8.21. The van der Waals surface area contributed by atoms with Gasteiger partial charge in [0.05, 0.1) is 6.10 Å². The van der Waals surface area contributed by atoms with Gasteiger partial charge in [-0.1, -0.05) is 122 Å². The molecule has 0 amide bonds. The number of aliphatic hydroxyl groups is 1. The van der Waals surface area contributed by atoms with E-state index in [4.69, 9.17) is 9.84 Å². The molecule has 1 aliphatic carbocycles. The van der Waals surface area contributed by atoms with Crippen molar-refractivity contribution < 1.29 is 9.84 Å². The molecule has 1 fully saturated rings. The molecular formula is C25H52O2. The first kappa shape index (κ1) is 26.9. The highest BCUT2D eigenvalue weighted by Gasteiger charge is 2.12. The minimum absolute atomic E-state index is 0.602. The predicted molar refractivity (Wildman–Crippen MR) is 121 cm³/mol.